The topological polar surface area (TPSA) is 96.0 Å². The van der Waals surface area contributed by atoms with Crippen molar-refractivity contribution >= 4 is 21.5 Å². The van der Waals surface area contributed by atoms with Crippen LogP contribution in [0.5, 0.6) is 5.75 Å². The van der Waals surface area contributed by atoms with Gasteiger partial charge in [-0.2, -0.15) is 8.42 Å². The predicted molar refractivity (Wildman–Crippen MR) is 95.6 cm³/mol. The van der Waals surface area contributed by atoms with Gasteiger partial charge >= 0.3 is 35.3 Å². The number of ketones is 1. The number of aromatic hydroxyl groups is 1. The standard InChI is InChI=1S/C19H14O5S.Na/c20-15-9-5-13(6-10-15)19(14-7-11-16(21)12-8-14)17-3-1-2-4-18(17)25(22,23)24;/h1-12,20H,(H,22,23,24);/q;+1/p+1. The zero-order valence-corrected chi connectivity index (χ0v) is 16.8. The van der Waals surface area contributed by atoms with E-state index in [4.69, 9.17) is 0 Å². The van der Waals surface area contributed by atoms with Gasteiger partial charge in [-0.1, -0.05) is 30.3 Å². The first-order valence-electron chi connectivity index (χ1n) is 7.39. The first-order valence-corrected chi connectivity index (χ1v) is 8.83. The third-order valence-electron chi connectivity index (χ3n) is 3.75. The summed E-state index contributed by atoms with van der Waals surface area (Å²) in [4.78, 5) is 9.31. The summed E-state index contributed by atoms with van der Waals surface area (Å²) in [5.41, 5.74) is 2.17. The second-order valence-corrected chi connectivity index (χ2v) is 6.83. The largest absolute Gasteiger partial charge is 1.00 e. The van der Waals surface area contributed by atoms with Crippen LogP contribution < -0.4 is 29.6 Å². The summed E-state index contributed by atoms with van der Waals surface area (Å²) in [5.74, 6) is 0.161. The molecule has 0 spiro atoms. The Morgan fingerprint density at radius 3 is 2.04 bits per heavy atom. The van der Waals surface area contributed by atoms with Crippen LogP contribution in [0.15, 0.2) is 83.3 Å². The molecule has 1 aliphatic rings. The summed E-state index contributed by atoms with van der Waals surface area (Å²) in [6.07, 6.45) is 6.29. The van der Waals surface area contributed by atoms with E-state index in [-0.39, 0.29) is 46.0 Å². The smallest absolute Gasteiger partial charge is 0.508 e. The molecule has 0 bridgehead atoms. The molecule has 3 rings (SSSR count). The van der Waals surface area contributed by atoms with Crippen LogP contribution in [0, 0.1) is 0 Å². The number of carbonyl (C=O) groups excluding carboxylic acids is 1. The maximum atomic E-state index is 11.8. The minimum absolute atomic E-state index is 0. The van der Waals surface area contributed by atoms with Crippen LogP contribution in [0.1, 0.15) is 11.1 Å². The van der Waals surface area contributed by atoms with Gasteiger partial charge in [0.25, 0.3) is 10.1 Å². The average Bonchev–Trinajstić information content (AvgIpc) is 2.58. The molecule has 2 aromatic carbocycles. The van der Waals surface area contributed by atoms with Gasteiger partial charge in [0.05, 0.1) is 0 Å². The van der Waals surface area contributed by atoms with Gasteiger partial charge in [-0.3, -0.25) is 9.35 Å². The Kier molecular flexibility index (Phi) is 6.39. The summed E-state index contributed by atoms with van der Waals surface area (Å²) >= 11 is 0. The Hall–Kier alpha value is -1.96. The number of rotatable bonds is 3. The van der Waals surface area contributed by atoms with Crippen molar-refractivity contribution in [1.29, 1.82) is 0 Å². The number of phenolic OH excluding ortho intramolecular Hbond substituents is 1. The number of hydrogen-bond acceptors (Lipinski definition) is 3. The minimum Gasteiger partial charge on any atom is -0.508 e. The van der Waals surface area contributed by atoms with Crippen LogP contribution in [-0.4, -0.2) is 28.7 Å². The summed E-state index contributed by atoms with van der Waals surface area (Å²) in [7, 11) is -4.43. The second-order valence-electron chi connectivity index (χ2n) is 5.44. The Morgan fingerprint density at radius 2 is 1.46 bits per heavy atom. The van der Waals surface area contributed by atoms with Gasteiger partial charge in [0.15, 0.2) is 0 Å². The summed E-state index contributed by atoms with van der Waals surface area (Å²) in [6.45, 7) is 0. The Morgan fingerprint density at radius 1 is 0.885 bits per heavy atom. The van der Waals surface area contributed by atoms with Crippen LogP contribution in [0.25, 0.3) is 5.57 Å². The zero-order valence-electron chi connectivity index (χ0n) is 14.0. The fraction of sp³-hybridized carbons (Fsp3) is 0. The number of phenols is 1. The maximum absolute atomic E-state index is 11.8. The summed E-state index contributed by atoms with van der Waals surface area (Å²) in [6, 6.07) is 12.4. The third kappa shape index (κ3) is 4.41. The molecule has 3 N–H and O–H groups in total. The van der Waals surface area contributed by atoms with Gasteiger partial charge < -0.3 is 5.11 Å². The van der Waals surface area contributed by atoms with E-state index in [1.807, 2.05) is 0 Å². The molecule has 0 aliphatic heterocycles. The molecule has 0 amide bonds. The van der Waals surface area contributed by atoms with Crippen LogP contribution >= 0.6 is 0 Å². The molecule has 26 heavy (non-hydrogen) atoms. The second kappa shape index (κ2) is 8.16. The van der Waals surface area contributed by atoms with E-state index in [2.05, 4.69) is 0 Å². The van der Waals surface area contributed by atoms with E-state index >= 15 is 0 Å². The van der Waals surface area contributed by atoms with Crippen molar-refractivity contribution in [3.05, 3.63) is 89.5 Å². The number of hydrogen-bond donors (Lipinski definition) is 2. The monoisotopic (exact) mass is 378 g/mol. The third-order valence-corrected chi connectivity index (χ3v) is 4.66. The molecule has 126 valence electrons. The van der Waals surface area contributed by atoms with Crippen LogP contribution in [-0.2, 0) is 10.1 Å². The molecular formula is C19H15NaO5S+2. The van der Waals surface area contributed by atoms with E-state index < -0.39 is 10.1 Å². The molecule has 0 fully saturated rings. The fourth-order valence-corrected chi connectivity index (χ4v) is 3.33. The van der Waals surface area contributed by atoms with Crippen molar-refractivity contribution in [3.8, 4) is 5.75 Å². The van der Waals surface area contributed by atoms with Gasteiger partial charge in [-0.15, -0.1) is 0 Å². The number of benzene rings is 2. The van der Waals surface area contributed by atoms with Gasteiger partial charge in [-0.25, -0.2) is 0 Å². The molecule has 7 heteroatoms. The van der Waals surface area contributed by atoms with E-state index in [0.29, 0.717) is 22.3 Å². The molecule has 0 atom stereocenters. The van der Waals surface area contributed by atoms with Crippen molar-refractivity contribution < 1.29 is 52.4 Å². The molecule has 0 aromatic heterocycles. The van der Waals surface area contributed by atoms with Crippen LogP contribution in [0.3, 0.4) is 0 Å². The maximum Gasteiger partial charge on any atom is 1.00 e. The molecular weight excluding hydrogens is 363 g/mol. The van der Waals surface area contributed by atoms with Crippen molar-refractivity contribution in [3.63, 3.8) is 0 Å². The van der Waals surface area contributed by atoms with Gasteiger partial charge in [0.1, 0.15) is 10.6 Å². The normalized spacial score (nSPS) is 13.4. The Balaban J connectivity index is 0.00000243. The molecule has 0 saturated heterocycles. The fourth-order valence-electron chi connectivity index (χ4n) is 2.63. The van der Waals surface area contributed by atoms with Gasteiger partial charge in [-0.05, 0) is 47.1 Å². The van der Waals surface area contributed by atoms with E-state index in [1.165, 1.54) is 36.4 Å². The van der Waals surface area contributed by atoms with Crippen molar-refractivity contribution in [2.24, 2.45) is 0 Å². The van der Waals surface area contributed by atoms with Crippen LogP contribution in [0.2, 0.25) is 0 Å². The summed E-state index contributed by atoms with van der Waals surface area (Å²) in [5, 5.41) is 9.52. The molecule has 0 unspecified atom stereocenters. The van der Waals surface area contributed by atoms with E-state index in [0.717, 1.165) is 0 Å². The van der Waals surface area contributed by atoms with Gasteiger partial charge in [0.2, 0.25) is 0 Å². The quantitative estimate of drug-likeness (QED) is 0.450. The number of allylic oxidation sites excluding steroid dienone is 5. The minimum atomic E-state index is -4.43. The first kappa shape index (κ1) is 20.4. The van der Waals surface area contributed by atoms with E-state index in [1.54, 1.807) is 36.4 Å². The molecule has 5 nitrogen and oxygen atoms in total. The van der Waals surface area contributed by atoms with Crippen molar-refractivity contribution in [1.82, 2.24) is 0 Å². The molecule has 0 saturated carbocycles. The average molecular weight is 378 g/mol. The predicted octanol–water partition coefficient (Wildman–Crippen LogP) is 0.116. The van der Waals surface area contributed by atoms with Crippen molar-refractivity contribution in [2.45, 2.75) is 4.90 Å². The summed E-state index contributed by atoms with van der Waals surface area (Å²) < 4.78 is 33.2. The van der Waals surface area contributed by atoms with Gasteiger partial charge in [0, 0.05) is 17.7 Å². The Bertz CT molecular complexity index is 1010. The van der Waals surface area contributed by atoms with E-state index in [9.17, 15) is 22.9 Å². The molecule has 2 aromatic rings. The zero-order chi connectivity index (χ0) is 18.0. The SMILES string of the molecule is O=S(=O)(O)c1ccccc1C(=C1C=CC(=[OH+])C=C1)c1ccc(O)cc1.[Na+]. The first-order chi connectivity index (χ1) is 11.9. The molecule has 0 radical (unpaired) electrons. The van der Waals surface area contributed by atoms with Crippen LogP contribution in [0.4, 0.5) is 0 Å². The van der Waals surface area contributed by atoms with Crippen molar-refractivity contribution in [2.75, 3.05) is 0 Å². The molecule has 0 heterocycles. The Labute approximate surface area is 173 Å². The molecule has 1 aliphatic carbocycles.